The van der Waals surface area contributed by atoms with Gasteiger partial charge in [0.15, 0.2) is 0 Å². The molecule has 0 bridgehead atoms. The van der Waals surface area contributed by atoms with Gasteiger partial charge in [-0.25, -0.2) is 14.8 Å². The number of fused-ring (bicyclic) bond motifs is 1. The Morgan fingerprint density at radius 1 is 1.00 bits per heavy atom. The van der Waals surface area contributed by atoms with Crippen LogP contribution in [0.2, 0.25) is 0 Å². The number of ether oxygens (including phenoxy) is 1. The molecule has 1 atom stereocenters. The number of aromatic carboxylic acids is 1. The van der Waals surface area contributed by atoms with Crippen LogP contribution in [-0.4, -0.2) is 21.0 Å². The van der Waals surface area contributed by atoms with Crippen LogP contribution < -0.4 is 10.1 Å². The van der Waals surface area contributed by atoms with Gasteiger partial charge in [0, 0.05) is 18.4 Å². The second-order valence-electron chi connectivity index (χ2n) is 7.65. The molecule has 4 rings (SSSR count). The van der Waals surface area contributed by atoms with E-state index in [0.717, 1.165) is 23.1 Å². The van der Waals surface area contributed by atoms with Crippen molar-refractivity contribution in [3.63, 3.8) is 0 Å². The Labute approximate surface area is 193 Å². The van der Waals surface area contributed by atoms with Gasteiger partial charge in [-0.2, -0.15) is 13.2 Å². The highest BCUT2D eigenvalue weighted by Crippen LogP contribution is 2.32. The number of hydrogen-bond acceptors (Lipinski definition) is 5. The molecule has 0 fully saturated rings. The average molecular weight is 467 g/mol. The van der Waals surface area contributed by atoms with E-state index in [4.69, 9.17) is 9.84 Å². The largest absolute Gasteiger partial charge is 0.478 e. The average Bonchev–Trinajstić information content (AvgIpc) is 2.82. The third kappa shape index (κ3) is 5.09. The number of carboxylic acids is 1. The molecule has 2 N–H and O–H groups in total. The van der Waals surface area contributed by atoms with Crippen molar-refractivity contribution in [1.29, 1.82) is 0 Å². The molecule has 34 heavy (non-hydrogen) atoms. The summed E-state index contributed by atoms with van der Waals surface area (Å²) >= 11 is 0. The zero-order chi connectivity index (χ0) is 24.3. The van der Waals surface area contributed by atoms with Crippen molar-refractivity contribution in [3.05, 3.63) is 95.3 Å². The molecule has 6 nitrogen and oxygen atoms in total. The zero-order valence-electron chi connectivity index (χ0n) is 18.0. The summed E-state index contributed by atoms with van der Waals surface area (Å²) in [7, 11) is 0. The maximum absolute atomic E-state index is 12.8. The monoisotopic (exact) mass is 467 g/mol. The lowest BCUT2D eigenvalue weighted by molar-refractivity contribution is -0.137. The first-order valence-electron chi connectivity index (χ1n) is 10.3. The maximum Gasteiger partial charge on any atom is 0.416 e. The topological polar surface area (TPSA) is 84.3 Å². The highest BCUT2D eigenvalue weighted by molar-refractivity contribution is 5.95. The van der Waals surface area contributed by atoms with E-state index in [1.54, 1.807) is 36.7 Å². The molecule has 0 amide bonds. The number of carbonyl (C=O) groups is 1. The van der Waals surface area contributed by atoms with E-state index in [2.05, 4.69) is 15.3 Å². The molecular formula is C25H20F3N3O3. The number of nitrogens with zero attached hydrogens (tertiary/aromatic N) is 2. The van der Waals surface area contributed by atoms with E-state index in [0.29, 0.717) is 22.6 Å². The molecule has 0 saturated carbocycles. The molecule has 0 aliphatic rings. The highest BCUT2D eigenvalue weighted by atomic mass is 19.4. The lowest BCUT2D eigenvalue weighted by Gasteiger charge is -2.18. The first-order valence-corrected chi connectivity index (χ1v) is 10.3. The summed E-state index contributed by atoms with van der Waals surface area (Å²) in [5.41, 5.74) is 0.903. The minimum absolute atomic E-state index is 0.0325. The fourth-order valence-electron chi connectivity index (χ4n) is 3.45. The van der Waals surface area contributed by atoms with Crippen molar-refractivity contribution in [2.24, 2.45) is 0 Å². The molecule has 0 aliphatic heterocycles. The van der Waals surface area contributed by atoms with E-state index < -0.39 is 17.7 Å². The molecule has 2 aromatic heterocycles. The normalized spacial score (nSPS) is 12.4. The van der Waals surface area contributed by atoms with E-state index in [1.807, 2.05) is 6.92 Å². The van der Waals surface area contributed by atoms with E-state index in [-0.39, 0.29) is 18.2 Å². The van der Waals surface area contributed by atoms with E-state index in [9.17, 15) is 18.0 Å². The number of anilines is 1. The van der Waals surface area contributed by atoms with Gasteiger partial charge >= 0.3 is 12.1 Å². The number of nitrogens with one attached hydrogen (secondary N) is 1. The summed E-state index contributed by atoms with van der Waals surface area (Å²) in [4.78, 5) is 19.8. The summed E-state index contributed by atoms with van der Waals surface area (Å²) in [5.74, 6) is -0.187. The number of hydrogen-bond donors (Lipinski definition) is 2. The second kappa shape index (κ2) is 9.38. The number of halogens is 3. The van der Waals surface area contributed by atoms with Crippen LogP contribution in [0.5, 0.6) is 5.88 Å². The van der Waals surface area contributed by atoms with Gasteiger partial charge in [0.25, 0.3) is 0 Å². The smallest absolute Gasteiger partial charge is 0.416 e. The Bertz CT molecular complexity index is 1300. The summed E-state index contributed by atoms with van der Waals surface area (Å²) in [6.45, 7) is 1.94. The number of carboxylic acid groups (broad SMARTS) is 1. The van der Waals surface area contributed by atoms with E-state index in [1.165, 1.54) is 24.3 Å². The number of benzene rings is 2. The van der Waals surface area contributed by atoms with Crippen LogP contribution in [0, 0.1) is 0 Å². The summed E-state index contributed by atoms with van der Waals surface area (Å²) in [6.07, 6.45) is -1.17. The van der Waals surface area contributed by atoms with Crippen molar-refractivity contribution in [1.82, 2.24) is 9.97 Å². The maximum atomic E-state index is 12.8. The number of rotatable bonds is 7. The SMILES string of the molecule is C[C@H](Nc1nccc2ccnc(OCc3ccc(C(F)(F)F)cc3)c12)c1ccc(C(=O)O)cc1. The third-order valence-corrected chi connectivity index (χ3v) is 5.31. The predicted octanol–water partition coefficient (Wildman–Crippen LogP) is 6.10. The Kier molecular flexibility index (Phi) is 6.36. The van der Waals surface area contributed by atoms with Gasteiger partial charge in [-0.05, 0) is 59.8 Å². The van der Waals surface area contributed by atoms with Crippen molar-refractivity contribution < 1.29 is 27.8 Å². The van der Waals surface area contributed by atoms with Crippen LogP contribution in [0.15, 0.2) is 73.1 Å². The van der Waals surface area contributed by atoms with Crippen LogP contribution in [0.25, 0.3) is 10.8 Å². The predicted molar refractivity (Wildman–Crippen MR) is 121 cm³/mol. The van der Waals surface area contributed by atoms with Crippen molar-refractivity contribution in [2.75, 3.05) is 5.32 Å². The Morgan fingerprint density at radius 2 is 1.65 bits per heavy atom. The molecule has 0 radical (unpaired) electrons. The summed E-state index contributed by atoms with van der Waals surface area (Å²) in [6, 6.07) is 14.7. The third-order valence-electron chi connectivity index (χ3n) is 5.31. The van der Waals surface area contributed by atoms with E-state index >= 15 is 0 Å². The van der Waals surface area contributed by atoms with Crippen LogP contribution in [0.3, 0.4) is 0 Å². The van der Waals surface area contributed by atoms with Crippen molar-refractivity contribution in [2.45, 2.75) is 25.7 Å². The second-order valence-corrected chi connectivity index (χ2v) is 7.65. The summed E-state index contributed by atoms with van der Waals surface area (Å²) < 4.78 is 44.2. The quantitative estimate of drug-likeness (QED) is 0.342. The first-order chi connectivity index (χ1) is 16.2. The Balaban J connectivity index is 1.56. The molecule has 0 aliphatic carbocycles. The van der Waals surface area contributed by atoms with Crippen LogP contribution in [0.1, 0.15) is 40.0 Å². The molecule has 0 unspecified atom stereocenters. The van der Waals surface area contributed by atoms with Crippen molar-refractivity contribution in [3.8, 4) is 5.88 Å². The first kappa shape index (κ1) is 23.0. The van der Waals surface area contributed by atoms with Gasteiger partial charge in [0.05, 0.1) is 16.5 Å². The van der Waals surface area contributed by atoms with Crippen LogP contribution >= 0.6 is 0 Å². The van der Waals surface area contributed by atoms with Gasteiger partial charge in [-0.15, -0.1) is 0 Å². The van der Waals surface area contributed by atoms with Gasteiger partial charge in [0.2, 0.25) is 5.88 Å². The Morgan fingerprint density at radius 3 is 2.26 bits per heavy atom. The molecule has 0 spiro atoms. The number of pyridine rings is 2. The minimum Gasteiger partial charge on any atom is -0.478 e. The fraction of sp³-hybridized carbons (Fsp3) is 0.160. The van der Waals surface area contributed by atoms with Crippen molar-refractivity contribution >= 4 is 22.6 Å². The fourth-order valence-corrected chi connectivity index (χ4v) is 3.45. The lowest BCUT2D eigenvalue weighted by atomic mass is 10.1. The number of aromatic nitrogens is 2. The molecule has 2 aromatic carbocycles. The number of alkyl halides is 3. The van der Waals surface area contributed by atoms with Crippen LogP contribution in [-0.2, 0) is 12.8 Å². The van der Waals surface area contributed by atoms with Gasteiger partial charge in [-0.3, -0.25) is 0 Å². The molecule has 174 valence electrons. The molecule has 4 aromatic rings. The Hall–Kier alpha value is -4.14. The highest BCUT2D eigenvalue weighted by Gasteiger charge is 2.29. The molecule has 0 saturated heterocycles. The van der Waals surface area contributed by atoms with Crippen LogP contribution in [0.4, 0.5) is 19.0 Å². The molecule has 2 heterocycles. The molecule has 9 heteroatoms. The van der Waals surface area contributed by atoms with Gasteiger partial charge < -0.3 is 15.2 Å². The lowest BCUT2D eigenvalue weighted by Crippen LogP contribution is -2.09. The molecular weight excluding hydrogens is 447 g/mol. The minimum atomic E-state index is -4.40. The summed E-state index contributed by atoms with van der Waals surface area (Å²) in [5, 5.41) is 13.8. The van der Waals surface area contributed by atoms with Gasteiger partial charge in [-0.1, -0.05) is 24.3 Å². The standard InChI is InChI=1S/C25H20F3N3O3/c1-15(17-4-6-19(7-5-17)24(32)33)31-22-21-18(10-12-29-22)11-13-30-23(21)34-14-16-2-8-20(9-3-16)25(26,27)28/h2-13,15H,14H2,1H3,(H,29,31)(H,32,33)/t15-/m0/s1. The zero-order valence-corrected chi connectivity index (χ0v) is 18.0. The van der Waals surface area contributed by atoms with Gasteiger partial charge in [0.1, 0.15) is 12.4 Å².